The van der Waals surface area contributed by atoms with Crippen molar-refractivity contribution < 1.29 is 14.3 Å². The molecule has 1 N–H and O–H groups in total. The number of carbonyl (C=O) groups excluding carboxylic acids is 2. The molecule has 1 heterocycles. The number of carbonyl (C=O) groups is 2. The van der Waals surface area contributed by atoms with Crippen molar-refractivity contribution in [1.29, 1.82) is 0 Å². The Bertz CT molecular complexity index is 780. The Hall–Kier alpha value is -2.66. The molecule has 0 bridgehead atoms. The van der Waals surface area contributed by atoms with E-state index in [1.807, 2.05) is 6.07 Å². The van der Waals surface area contributed by atoms with Gasteiger partial charge in [-0.15, -0.1) is 0 Å². The quantitative estimate of drug-likeness (QED) is 0.852. The fourth-order valence-corrected chi connectivity index (χ4v) is 3.11. The first-order chi connectivity index (χ1) is 13.1. The summed E-state index contributed by atoms with van der Waals surface area (Å²) in [6.07, 6.45) is 2.13. The van der Waals surface area contributed by atoms with E-state index in [0.29, 0.717) is 44.0 Å². The minimum Gasteiger partial charge on any atom is -0.378 e. The zero-order chi connectivity index (χ0) is 19.1. The first-order valence-electron chi connectivity index (χ1n) is 9.44. The van der Waals surface area contributed by atoms with E-state index in [0.717, 1.165) is 12.8 Å². The summed E-state index contributed by atoms with van der Waals surface area (Å²) in [5.41, 5.74) is 3.73. The number of anilines is 1. The van der Waals surface area contributed by atoms with Crippen LogP contribution < -0.4 is 5.32 Å². The number of aryl methyl sites for hydroxylation is 2. The molecule has 1 aliphatic heterocycles. The maximum atomic E-state index is 12.5. The lowest BCUT2D eigenvalue weighted by molar-refractivity contribution is -0.116. The number of nitrogens with one attached hydrogen (secondary N) is 1. The van der Waals surface area contributed by atoms with Crippen LogP contribution in [0.3, 0.4) is 0 Å². The minimum atomic E-state index is -0.0296. The van der Waals surface area contributed by atoms with Gasteiger partial charge in [0.15, 0.2) is 0 Å². The lowest BCUT2D eigenvalue weighted by Crippen LogP contribution is -2.40. The zero-order valence-electron chi connectivity index (χ0n) is 15.7. The van der Waals surface area contributed by atoms with Gasteiger partial charge in [0.1, 0.15) is 0 Å². The van der Waals surface area contributed by atoms with Crippen LogP contribution in [0.1, 0.15) is 34.3 Å². The summed E-state index contributed by atoms with van der Waals surface area (Å²) < 4.78 is 5.29. The number of rotatable bonds is 6. The third-order valence-corrected chi connectivity index (χ3v) is 4.68. The first kappa shape index (κ1) is 19.1. The predicted octanol–water partition coefficient (Wildman–Crippen LogP) is 3.43. The molecule has 2 aromatic rings. The van der Waals surface area contributed by atoms with Crippen LogP contribution in [0.15, 0.2) is 48.5 Å². The van der Waals surface area contributed by atoms with Gasteiger partial charge < -0.3 is 15.0 Å². The van der Waals surface area contributed by atoms with Crippen LogP contribution in [0, 0.1) is 6.92 Å². The summed E-state index contributed by atoms with van der Waals surface area (Å²) in [6, 6.07) is 15.5. The number of hydrogen-bond acceptors (Lipinski definition) is 3. The largest absolute Gasteiger partial charge is 0.378 e. The highest BCUT2D eigenvalue weighted by Gasteiger charge is 2.18. The molecule has 0 spiro atoms. The molecule has 142 valence electrons. The summed E-state index contributed by atoms with van der Waals surface area (Å²) >= 11 is 0. The van der Waals surface area contributed by atoms with Crippen LogP contribution in [0.25, 0.3) is 0 Å². The monoisotopic (exact) mass is 366 g/mol. The standard InChI is InChI=1S/C22H26N2O3/c1-17-8-10-18(11-9-17)4-2-7-21(25)23-20-6-3-5-19(16-20)22(26)24-12-14-27-15-13-24/h3,5-6,8-11,16H,2,4,7,12-15H2,1H3,(H,23,25). The van der Waals surface area contributed by atoms with Gasteiger partial charge in [-0.05, 0) is 43.5 Å². The first-order valence-corrected chi connectivity index (χ1v) is 9.44. The summed E-state index contributed by atoms with van der Waals surface area (Å²) in [5.74, 6) is -0.0492. The average molecular weight is 366 g/mol. The molecular formula is C22H26N2O3. The van der Waals surface area contributed by atoms with Gasteiger partial charge in [-0.3, -0.25) is 9.59 Å². The maximum absolute atomic E-state index is 12.5. The van der Waals surface area contributed by atoms with E-state index in [4.69, 9.17) is 4.74 Å². The van der Waals surface area contributed by atoms with Crippen molar-refractivity contribution in [2.75, 3.05) is 31.6 Å². The van der Waals surface area contributed by atoms with E-state index in [-0.39, 0.29) is 11.8 Å². The van der Waals surface area contributed by atoms with Crippen molar-refractivity contribution in [2.24, 2.45) is 0 Å². The summed E-state index contributed by atoms with van der Waals surface area (Å²) in [7, 11) is 0. The second-order valence-electron chi connectivity index (χ2n) is 6.87. The Morgan fingerprint density at radius 2 is 1.81 bits per heavy atom. The third kappa shape index (κ3) is 5.66. The smallest absolute Gasteiger partial charge is 0.254 e. The zero-order valence-corrected chi connectivity index (χ0v) is 15.7. The van der Waals surface area contributed by atoms with Gasteiger partial charge in [0.05, 0.1) is 13.2 Å². The number of ether oxygens (including phenoxy) is 1. The summed E-state index contributed by atoms with van der Waals surface area (Å²) in [6.45, 7) is 4.42. The number of amides is 2. The molecule has 0 unspecified atom stereocenters. The molecule has 0 atom stereocenters. The highest BCUT2D eigenvalue weighted by molar-refractivity contribution is 5.97. The van der Waals surface area contributed by atoms with E-state index in [1.54, 1.807) is 23.1 Å². The topological polar surface area (TPSA) is 58.6 Å². The normalized spacial score (nSPS) is 14.0. The van der Waals surface area contributed by atoms with Gasteiger partial charge in [-0.2, -0.15) is 0 Å². The van der Waals surface area contributed by atoms with Crippen molar-refractivity contribution in [3.05, 3.63) is 65.2 Å². The average Bonchev–Trinajstić information content (AvgIpc) is 2.70. The highest BCUT2D eigenvalue weighted by atomic mass is 16.5. The lowest BCUT2D eigenvalue weighted by Gasteiger charge is -2.27. The third-order valence-electron chi connectivity index (χ3n) is 4.68. The van der Waals surface area contributed by atoms with Crippen LogP contribution in [0.4, 0.5) is 5.69 Å². The molecule has 27 heavy (non-hydrogen) atoms. The van der Waals surface area contributed by atoms with Gasteiger partial charge in [-0.25, -0.2) is 0 Å². The van der Waals surface area contributed by atoms with Gasteiger partial charge in [0.25, 0.3) is 5.91 Å². The second kappa shape index (κ2) is 9.33. The Balaban J connectivity index is 1.50. The molecule has 1 fully saturated rings. The van der Waals surface area contributed by atoms with Crippen molar-refractivity contribution >= 4 is 17.5 Å². The Kier molecular flexibility index (Phi) is 6.60. The van der Waals surface area contributed by atoms with Crippen LogP contribution in [-0.4, -0.2) is 43.0 Å². The molecule has 3 rings (SSSR count). The molecule has 0 aromatic heterocycles. The molecule has 1 aliphatic rings. The van der Waals surface area contributed by atoms with E-state index in [9.17, 15) is 9.59 Å². The van der Waals surface area contributed by atoms with E-state index in [2.05, 4.69) is 36.5 Å². The number of nitrogens with zero attached hydrogens (tertiary/aromatic N) is 1. The molecule has 1 saturated heterocycles. The van der Waals surface area contributed by atoms with Crippen molar-refractivity contribution in [3.8, 4) is 0 Å². The fraction of sp³-hybridized carbons (Fsp3) is 0.364. The van der Waals surface area contributed by atoms with Gasteiger partial charge in [0, 0.05) is 30.8 Å². The van der Waals surface area contributed by atoms with Crippen LogP contribution >= 0.6 is 0 Å². The summed E-state index contributed by atoms with van der Waals surface area (Å²) in [5, 5.41) is 2.90. The Labute approximate surface area is 160 Å². The highest BCUT2D eigenvalue weighted by Crippen LogP contribution is 2.15. The molecule has 0 aliphatic carbocycles. The minimum absolute atomic E-state index is 0.0197. The van der Waals surface area contributed by atoms with Crippen molar-refractivity contribution in [2.45, 2.75) is 26.2 Å². The molecular weight excluding hydrogens is 340 g/mol. The predicted molar refractivity (Wildman–Crippen MR) is 106 cm³/mol. The lowest BCUT2D eigenvalue weighted by atomic mass is 10.1. The maximum Gasteiger partial charge on any atom is 0.254 e. The van der Waals surface area contributed by atoms with Crippen LogP contribution in [-0.2, 0) is 16.0 Å². The SMILES string of the molecule is Cc1ccc(CCCC(=O)Nc2cccc(C(=O)N3CCOCC3)c2)cc1. The molecule has 2 aromatic carbocycles. The van der Waals surface area contributed by atoms with E-state index >= 15 is 0 Å². The number of benzene rings is 2. The molecule has 0 radical (unpaired) electrons. The van der Waals surface area contributed by atoms with Gasteiger partial charge in [-0.1, -0.05) is 35.9 Å². The van der Waals surface area contributed by atoms with E-state index in [1.165, 1.54) is 11.1 Å². The fourth-order valence-electron chi connectivity index (χ4n) is 3.11. The number of hydrogen-bond donors (Lipinski definition) is 1. The molecule has 5 nitrogen and oxygen atoms in total. The Morgan fingerprint density at radius 1 is 1.07 bits per heavy atom. The summed E-state index contributed by atoms with van der Waals surface area (Å²) in [4.78, 5) is 26.5. The van der Waals surface area contributed by atoms with Crippen molar-refractivity contribution in [3.63, 3.8) is 0 Å². The van der Waals surface area contributed by atoms with Crippen LogP contribution in [0.2, 0.25) is 0 Å². The van der Waals surface area contributed by atoms with Gasteiger partial charge in [0.2, 0.25) is 5.91 Å². The molecule has 5 heteroatoms. The van der Waals surface area contributed by atoms with Crippen LogP contribution in [0.5, 0.6) is 0 Å². The Morgan fingerprint density at radius 3 is 2.56 bits per heavy atom. The number of morpholine rings is 1. The molecule has 0 saturated carbocycles. The molecule has 2 amide bonds. The second-order valence-corrected chi connectivity index (χ2v) is 6.87. The van der Waals surface area contributed by atoms with Gasteiger partial charge >= 0.3 is 0 Å². The van der Waals surface area contributed by atoms with E-state index < -0.39 is 0 Å². The van der Waals surface area contributed by atoms with Crippen molar-refractivity contribution in [1.82, 2.24) is 4.90 Å².